The van der Waals surface area contributed by atoms with E-state index < -0.39 is 15.8 Å². The SMILES string of the molecule is O=S(=O)(c1ccc(Br)c(F)c1)N1CCN(C2CC2)CC1. The Bertz CT molecular complexity index is 611. The van der Waals surface area contributed by atoms with Crippen LogP contribution in [0.25, 0.3) is 0 Å². The molecule has 1 aliphatic heterocycles. The lowest BCUT2D eigenvalue weighted by atomic mass is 10.3. The van der Waals surface area contributed by atoms with Crippen LogP contribution in [0.1, 0.15) is 12.8 Å². The molecule has 2 aliphatic rings. The number of sulfonamides is 1. The van der Waals surface area contributed by atoms with E-state index in [0.29, 0.717) is 19.1 Å². The van der Waals surface area contributed by atoms with E-state index in [-0.39, 0.29) is 9.37 Å². The fourth-order valence-electron chi connectivity index (χ4n) is 2.54. The minimum atomic E-state index is -3.58. The van der Waals surface area contributed by atoms with Crippen molar-refractivity contribution < 1.29 is 12.8 Å². The quantitative estimate of drug-likeness (QED) is 0.826. The Morgan fingerprint density at radius 3 is 2.35 bits per heavy atom. The monoisotopic (exact) mass is 362 g/mol. The second-order valence-corrected chi connectivity index (χ2v) is 8.04. The van der Waals surface area contributed by atoms with E-state index in [9.17, 15) is 12.8 Å². The molecule has 0 radical (unpaired) electrons. The van der Waals surface area contributed by atoms with Crippen molar-refractivity contribution in [3.05, 3.63) is 28.5 Å². The van der Waals surface area contributed by atoms with E-state index in [0.717, 1.165) is 19.2 Å². The van der Waals surface area contributed by atoms with Gasteiger partial charge in [0.25, 0.3) is 0 Å². The summed E-state index contributed by atoms with van der Waals surface area (Å²) in [6.45, 7) is 2.50. The summed E-state index contributed by atoms with van der Waals surface area (Å²) in [5.41, 5.74) is 0. The van der Waals surface area contributed by atoms with Crippen LogP contribution in [0, 0.1) is 5.82 Å². The Morgan fingerprint density at radius 2 is 1.80 bits per heavy atom. The van der Waals surface area contributed by atoms with Gasteiger partial charge in [0.1, 0.15) is 5.82 Å². The minimum Gasteiger partial charge on any atom is -0.298 e. The van der Waals surface area contributed by atoms with E-state index >= 15 is 0 Å². The molecular formula is C13H16BrFN2O2S. The predicted molar refractivity (Wildman–Crippen MR) is 77.5 cm³/mol. The zero-order valence-electron chi connectivity index (χ0n) is 10.9. The van der Waals surface area contributed by atoms with E-state index in [4.69, 9.17) is 0 Å². The molecule has 110 valence electrons. The standard InChI is InChI=1S/C13H16BrFN2O2S/c14-12-4-3-11(9-13(12)15)20(18,19)17-7-5-16(6-8-17)10-1-2-10/h3-4,9-10H,1-2,5-8H2. The molecule has 0 aromatic heterocycles. The Kier molecular flexibility index (Phi) is 3.87. The first-order chi connectivity index (χ1) is 9.48. The van der Waals surface area contributed by atoms with Crippen molar-refractivity contribution in [2.24, 2.45) is 0 Å². The third kappa shape index (κ3) is 2.77. The lowest BCUT2D eigenvalue weighted by Gasteiger charge is -2.34. The summed E-state index contributed by atoms with van der Waals surface area (Å²) in [7, 11) is -3.58. The molecule has 3 rings (SSSR count). The molecule has 7 heteroatoms. The zero-order valence-corrected chi connectivity index (χ0v) is 13.3. The number of halogens is 2. The number of hydrogen-bond donors (Lipinski definition) is 0. The maximum Gasteiger partial charge on any atom is 0.243 e. The molecule has 1 aliphatic carbocycles. The largest absolute Gasteiger partial charge is 0.298 e. The second kappa shape index (κ2) is 5.36. The van der Waals surface area contributed by atoms with Crippen LogP contribution in [-0.4, -0.2) is 49.8 Å². The molecule has 0 amide bonds. The van der Waals surface area contributed by atoms with Gasteiger partial charge < -0.3 is 0 Å². The van der Waals surface area contributed by atoms with Gasteiger partial charge in [-0.25, -0.2) is 12.8 Å². The number of piperazine rings is 1. The molecule has 1 saturated carbocycles. The molecule has 0 atom stereocenters. The van der Waals surface area contributed by atoms with Crippen molar-refractivity contribution in [3.8, 4) is 0 Å². The molecule has 1 heterocycles. The van der Waals surface area contributed by atoms with Gasteiger partial charge in [0.05, 0.1) is 9.37 Å². The van der Waals surface area contributed by atoms with Crippen molar-refractivity contribution in [1.82, 2.24) is 9.21 Å². The highest BCUT2D eigenvalue weighted by molar-refractivity contribution is 9.10. The van der Waals surface area contributed by atoms with Gasteiger partial charge in [-0.3, -0.25) is 4.90 Å². The molecule has 1 saturated heterocycles. The van der Waals surface area contributed by atoms with Crippen molar-refractivity contribution in [3.63, 3.8) is 0 Å². The number of benzene rings is 1. The second-order valence-electron chi connectivity index (χ2n) is 5.25. The molecule has 0 spiro atoms. The Labute approximate surface area is 126 Å². The van der Waals surface area contributed by atoms with Gasteiger partial charge in [-0.2, -0.15) is 4.31 Å². The Hall–Kier alpha value is -0.500. The molecule has 4 nitrogen and oxygen atoms in total. The Balaban J connectivity index is 1.76. The van der Waals surface area contributed by atoms with Crippen LogP contribution in [0.4, 0.5) is 4.39 Å². The molecule has 1 aromatic carbocycles. The van der Waals surface area contributed by atoms with Crippen molar-refractivity contribution in [2.45, 2.75) is 23.8 Å². The number of rotatable bonds is 3. The van der Waals surface area contributed by atoms with Crippen molar-refractivity contribution in [1.29, 1.82) is 0 Å². The number of hydrogen-bond acceptors (Lipinski definition) is 3. The lowest BCUT2D eigenvalue weighted by Crippen LogP contribution is -2.49. The maximum absolute atomic E-state index is 13.5. The van der Waals surface area contributed by atoms with Crippen LogP contribution >= 0.6 is 15.9 Å². The molecule has 0 bridgehead atoms. The predicted octanol–water partition coefficient (Wildman–Crippen LogP) is 2.06. The third-order valence-electron chi connectivity index (χ3n) is 3.87. The minimum absolute atomic E-state index is 0.0260. The third-order valence-corrected chi connectivity index (χ3v) is 6.40. The summed E-state index contributed by atoms with van der Waals surface area (Å²) < 4.78 is 40.2. The summed E-state index contributed by atoms with van der Waals surface area (Å²) in [6.07, 6.45) is 2.45. The summed E-state index contributed by atoms with van der Waals surface area (Å²) in [4.78, 5) is 2.37. The van der Waals surface area contributed by atoms with Crippen molar-refractivity contribution in [2.75, 3.05) is 26.2 Å². The van der Waals surface area contributed by atoms with E-state index in [1.54, 1.807) is 0 Å². The van der Waals surface area contributed by atoms with Gasteiger partial charge in [0.15, 0.2) is 0 Å². The Morgan fingerprint density at radius 1 is 1.15 bits per heavy atom. The van der Waals surface area contributed by atoms with Crippen LogP contribution in [0.2, 0.25) is 0 Å². The zero-order chi connectivity index (χ0) is 14.3. The van der Waals surface area contributed by atoms with Crippen molar-refractivity contribution >= 4 is 26.0 Å². The average Bonchev–Trinajstić information content (AvgIpc) is 3.26. The smallest absolute Gasteiger partial charge is 0.243 e. The lowest BCUT2D eigenvalue weighted by molar-refractivity contribution is 0.180. The van der Waals surface area contributed by atoms with E-state index in [1.807, 2.05) is 0 Å². The van der Waals surface area contributed by atoms with Gasteiger partial charge in [-0.05, 0) is 47.0 Å². The summed E-state index contributed by atoms with van der Waals surface area (Å²) >= 11 is 3.03. The van der Waals surface area contributed by atoms with Crippen LogP contribution < -0.4 is 0 Å². The van der Waals surface area contributed by atoms with Gasteiger partial charge in [0, 0.05) is 32.2 Å². The van der Waals surface area contributed by atoms with Crippen LogP contribution in [0.5, 0.6) is 0 Å². The molecule has 0 N–H and O–H groups in total. The average molecular weight is 363 g/mol. The highest BCUT2D eigenvalue weighted by atomic mass is 79.9. The van der Waals surface area contributed by atoms with Gasteiger partial charge >= 0.3 is 0 Å². The highest BCUT2D eigenvalue weighted by Crippen LogP contribution is 2.29. The normalized spacial score (nSPS) is 22.1. The van der Waals surface area contributed by atoms with Gasteiger partial charge in [-0.1, -0.05) is 0 Å². The molecule has 0 unspecified atom stereocenters. The fourth-order valence-corrected chi connectivity index (χ4v) is 4.22. The van der Waals surface area contributed by atoms with Crippen LogP contribution in [0.3, 0.4) is 0 Å². The molecule has 20 heavy (non-hydrogen) atoms. The molecular weight excluding hydrogens is 347 g/mol. The number of nitrogens with zero attached hydrogens (tertiary/aromatic N) is 2. The highest BCUT2D eigenvalue weighted by Gasteiger charge is 2.34. The summed E-state index contributed by atoms with van der Waals surface area (Å²) in [5, 5.41) is 0. The topological polar surface area (TPSA) is 40.6 Å². The van der Waals surface area contributed by atoms with Gasteiger partial charge in [0.2, 0.25) is 10.0 Å². The summed E-state index contributed by atoms with van der Waals surface area (Å²) in [5.74, 6) is -0.553. The van der Waals surface area contributed by atoms with E-state index in [1.165, 1.54) is 29.3 Å². The first-order valence-corrected chi connectivity index (χ1v) is 8.91. The molecule has 2 fully saturated rings. The van der Waals surface area contributed by atoms with Crippen LogP contribution in [0.15, 0.2) is 27.6 Å². The first-order valence-electron chi connectivity index (χ1n) is 6.68. The summed E-state index contributed by atoms with van der Waals surface area (Å²) in [6, 6.07) is 4.61. The maximum atomic E-state index is 13.5. The molecule has 1 aromatic rings. The van der Waals surface area contributed by atoms with E-state index in [2.05, 4.69) is 20.8 Å². The van der Waals surface area contributed by atoms with Gasteiger partial charge in [-0.15, -0.1) is 0 Å². The first kappa shape index (κ1) is 14.4. The van der Waals surface area contributed by atoms with Crippen LogP contribution in [-0.2, 0) is 10.0 Å². The fraction of sp³-hybridized carbons (Fsp3) is 0.538.